The minimum atomic E-state index is -0.815. The van der Waals surface area contributed by atoms with E-state index in [4.69, 9.17) is 4.74 Å². The molecule has 1 aliphatic rings. The Labute approximate surface area is 150 Å². The first kappa shape index (κ1) is 17.2. The molecule has 5 nitrogen and oxygen atoms in total. The zero-order chi connectivity index (χ0) is 17.8. The molecule has 1 heterocycles. The van der Waals surface area contributed by atoms with Gasteiger partial charge in [0.1, 0.15) is 11.7 Å². The molecule has 2 amide bonds. The molecule has 0 N–H and O–H groups in total. The first-order valence-electron chi connectivity index (χ1n) is 7.82. The lowest BCUT2D eigenvalue weighted by atomic mass is 9.96. The number of nitrogens with zero attached hydrogens (tertiary/aromatic N) is 2. The number of anilines is 1. The number of aliphatic imine (C=N–C) groups is 1. The molecular formula is C19H18N2O3S. The molecule has 3 rings (SSSR count). The van der Waals surface area contributed by atoms with E-state index >= 15 is 0 Å². The number of rotatable bonds is 4. The molecule has 128 valence electrons. The van der Waals surface area contributed by atoms with E-state index in [0.717, 1.165) is 11.3 Å². The average Bonchev–Trinajstić information content (AvgIpc) is 2.65. The second-order valence-corrected chi connectivity index (χ2v) is 6.32. The van der Waals surface area contributed by atoms with Crippen molar-refractivity contribution in [3.8, 4) is 5.75 Å². The van der Waals surface area contributed by atoms with Crippen LogP contribution >= 0.6 is 11.8 Å². The van der Waals surface area contributed by atoms with Gasteiger partial charge in [0.05, 0.1) is 12.8 Å². The van der Waals surface area contributed by atoms with E-state index in [1.165, 1.54) is 16.7 Å². The van der Waals surface area contributed by atoms with Crippen LogP contribution < -0.4 is 9.64 Å². The summed E-state index contributed by atoms with van der Waals surface area (Å²) in [6.07, 6.45) is 2.12. The predicted molar refractivity (Wildman–Crippen MR) is 100 cm³/mol. The summed E-state index contributed by atoms with van der Waals surface area (Å²) in [6.45, 7) is 0. The van der Waals surface area contributed by atoms with Gasteiger partial charge in [0.25, 0.3) is 5.91 Å². The van der Waals surface area contributed by atoms with Gasteiger partial charge in [-0.1, -0.05) is 42.1 Å². The van der Waals surface area contributed by atoms with E-state index in [2.05, 4.69) is 4.99 Å². The fraction of sp³-hybridized carbons (Fsp3) is 0.211. The smallest absolute Gasteiger partial charge is 0.261 e. The number of para-hydroxylation sites is 1. The van der Waals surface area contributed by atoms with Gasteiger partial charge in [0.2, 0.25) is 5.91 Å². The molecule has 6 heteroatoms. The van der Waals surface area contributed by atoms with Crippen LogP contribution in [0, 0.1) is 5.92 Å². The van der Waals surface area contributed by atoms with Crippen molar-refractivity contribution in [1.29, 1.82) is 0 Å². The predicted octanol–water partition coefficient (Wildman–Crippen LogP) is 3.15. The Bertz CT molecular complexity index is 803. The molecule has 0 unspecified atom stereocenters. The quantitative estimate of drug-likeness (QED) is 0.792. The molecule has 0 aliphatic carbocycles. The third-order valence-electron chi connectivity index (χ3n) is 4.01. The highest BCUT2D eigenvalue weighted by atomic mass is 32.2. The number of benzene rings is 2. The highest BCUT2D eigenvalue weighted by Gasteiger charge is 2.38. The monoisotopic (exact) mass is 354 g/mol. The van der Waals surface area contributed by atoms with Crippen molar-refractivity contribution in [2.24, 2.45) is 10.9 Å². The number of ether oxygens (including phenoxy) is 1. The van der Waals surface area contributed by atoms with E-state index in [-0.39, 0.29) is 5.91 Å². The van der Waals surface area contributed by atoms with E-state index in [9.17, 15) is 9.59 Å². The first-order chi connectivity index (χ1) is 12.1. The summed E-state index contributed by atoms with van der Waals surface area (Å²) >= 11 is 1.29. The highest BCUT2D eigenvalue weighted by Crippen LogP contribution is 2.27. The number of hydrogen-bond acceptors (Lipinski definition) is 4. The molecule has 0 radical (unpaired) electrons. The van der Waals surface area contributed by atoms with Gasteiger partial charge in [-0.2, -0.15) is 4.99 Å². The highest BCUT2D eigenvalue weighted by molar-refractivity contribution is 8.13. The number of thioether (sulfide) groups is 1. The number of methoxy groups -OCH3 is 1. The molecule has 0 spiro atoms. The number of carbonyl (C=O) groups is 2. The fourth-order valence-electron chi connectivity index (χ4n) is 2.70. The summed E-state index contributed by atoms with van der Waals surface area (Å²) < 4.78 is 5.14. The van der Waals surface area contributed by atoms with E-state index in [1.807, 2.05) is 54.6 Å². The summed E-state index contributed by atoms with van der Waals surface area (Å²) in [4.78, 5) is 31.1. The summed E-state index contributed by atoms with van der Waals surface area (Å²) in [5, 5.41) is 0.409. The first-order valence-corrected chi connectivity index (χ1v) is 9.05. The molecule has 2 aromatic carbocycles. The molecule has 2 aromatic rings. The topological polar surface area (TPSA) is 59.0 Å². The zero-order valence-corrected chi connectivity index (χ0v) is 14.8. The van der Waals surface area contributed by atoms with Crippen LogP contribution in [0.15, 0.2) is 59.6 Å². The van der Waals surface area contributed by atoms with E-state index < -0.39 is 11.8 Å². The fourth-order valence-corrected chi connectivity index (χ4v) is 3.26. The van der Waals surface area contributed by atoms with E-state index in [0.29, 0.717) is 17.3 Å². The van der Waals surface area contributed by atoms with Crippen LogP contribution in [0.2, 0.25) is 0 Å². The Kier molecular flexibility index (Phi) is 5.19. The van der Waals surface area contributed by atoms with Crippen LogP contribution in [0.25, 0.3) is 0 Å². The Hall–Kier alpha value is -2.60. The minimum absolute atomic E-state index is 0.244. The summed E-state index contributed by atoms with van der Waals surface area (Å²) in [7, 11) is 1.60. The van der Waals surface area contributed by atoms with Crippen LogP contribution in [0.3, 0.4) is 0 Å². The number of amides is 2. The number of amidine groups is 1. The number of hydrogen-bond donors (Lipinski definition) is 0. The molecule has 0 aromatic heterocycles. The van der Waals surface area contributed by atoms with Crippen molar-refractivity contribution in [3.05, 3.63) is 60.2 Å². The summed E-state index contributed by atoms with van der Waals surface area (Å²) in [5.41, 5.74) is 1.61. The second-order valence-electron chi connectivity index (χ2n) is 5.55. The largest absolute Gasteiger partial charge is 0.497 e. The van der Waals surface area contributed by atoms with Gasteiger partial charge in [0.15, 0.2) is 5.17 Å². The standard InChI is InChI=1S/C19H18N2O3S/c1-24-15-10-8-13(9-11-15)12-16-17(22)20-19(25-2)21(18(16)23)14-6-4-3-5-7-14/h3-11,16H,12H2,1-2H3/t16-/m0/s1. The normalized spacial score (nSPS) is 17.4. The molecule has 25 heavy (non-hydrogen) atoms. The average molecular weight is 354 g/mol. The van der Waals surface area contributed by atoms with Crippen molar-refractivity contribution in [1.82, 2.24) is 0 Å². The van der Waals surface area contributed by atoms with Gasteiger partial charge in [-0.25, -0.2) is 0 Å². The van der Waals surface area contributed by atoms with Gasteiger partial charge >= 0.3 is 0 Å². The summed E-state index contributed by atoms with van der Waals surface area (Å²) in [6, 6.07) is 16.6. The molecule has 0 bridgehead atoms. The van der Waals surface area contributed by atoms with Crippen LogP contribution in [-0.2, 0) is 16.0 Å². The third-order valence-corrected chi connectivity index (χ3v) is 4.65. The SMILES string of the molecule is COc1ccc(C[C@H]2C(=O)N=C(SC)N(c3ccccc3)C2=O)cc1. The Balaban J connectivity index is 1.90. The minimum Gasteiger partial charge on any atom is -0.497 e. The molecule has 0 fully saturated rings. The molecule has 0 saturated carbocycles. The molecule has 0 saturated heterocycles. The van der Waals surface area contributed by atoms with Crippen molar-refractivity contribution in [2.45, 2.75) is 6.42 Å². The van der Waals surface area contributed by atoms with Crippen molar-refractivity contribution in [3.63, 3.8) is 0 Å². The second kappa shape index (κ2) is 7.53. The van der Waals surface area contributed by atoms with Gasteiger partial charge in [0, 0.05) is 0 Å². The third kappa shape index (κ3) is 3.58. The molecule has 1 aliphatic heterocycles. The van der Waals surface area contributed by atoms with Crippen LogP contribution in [0.5, 0.6) is 5.75 Å². The van der Waals surface area contributed by atoms with Crippen molar-refractivity contribution >= 4 is 34.4 Å². The van der Waals surface area contributed by atoms with Crippen molar-refractivity contribution < 1.29 is 14.3 Å². The maximum Gasteiger partial charge on any atom is 0.261 e. The zero-order valence-electron chi connectivity index (χ0n) is 14.0. The van der Waals surface area contributed by atoms with Gasteiger partial charge < -0.3 is 4.74 Å². The number of carbonyl (C=O) groups excluding carboxylic acids is 2. The molecular weight excluding hydrogens is 336 g/mol. The maximum absolute atomic E-state index is 13.0. The molecule has 1 atom stereocenters. The van der Waals surface area contributed by atoms with Gasteiger partial charge in [-0.3, -0.25) is 14.5 Å². The Morgan fingerprint density at radius 2 is 1.76 bits per heavy atom. The van der Waals surface area contributed by atoms with E-state index in [1.54, 1.807) is 13.4 Å². The lowest BCUT2D eigenvalue weighted by Gasteiger charge is -2.30. The van der Waals surface area contributed by atoms with Crippen LogP contribution in [-0.4, -0.2) is 30.3 Å². The summed E-state index contributed by atoms with van der Waals surface area (Å²) in [5.74, 6) is -0.716. The van der Waals surface area contributed by atoms with Crippen molar-refractivity contribution in [2.75, 3.05) is 18.3 Å². The lowest BCUT2D eigenvalue weighted by molar-refractivity contribution is -0.131. The van der Waals surface area contributed by atoms with Crippen LogP contribution in [0.1, 0.15) is 5.56 Å². The maximum atomic E-state index is 13.0. The van der Waals surface area contributed by atoms with Gasteiger partial charge in [-0.05, 0) is 42.5 Å². The Morgan fingerprint density at radius 1 is 1.08 bits per heavy atom. The van der Waals surface area contributed by atoms with Gasteiger partial charge in [-0.15, -0.1) is 0 Å². The Morgan fingerprint density at radius 3 is 2.36 bits per heavy atom. The van der Waals surface area contributed by atoms with Crippen LogP contribution in [0.4, 0.5) is 5.69 Å². The lowest BCUT2D eigenvalue weighted by Crippen LogP contribution is -2.47.